The lowest BCUT2D eigenvalue weighted by atomic mass is 10.1. The zero-order valence-electron chi connectivity index (χ0n) is 19.4. The first-order chi connectivity index (χ1) is 17.0. The Morgan fingerprint density at radius 2 is 2.00 bits per heavy atom. The minimum Gasteiger partial charge on any atom is -0.493 e. The maximum atomic E-state index is 13.3. The van der Waals surface area contributed by atoms with Crippen LogP contribution in [0.4, 0.5) is 0 Å². The predicted molar refractivity (Wildman–Crippen MR) is 139 cm³/mol. The van der Waals surface area contributed by atoms with E-state index in [-0.39, 0.29) is 12.2 Å². The zero-order valence-corrected chi connectivity index (χ0v) is 20.9. The second-order valence-electron chi connectivity index (χ2n) is 7.74. The van der Waals surface area contributed by atoms with Crippen molar-refractivity contribution in [2.75, 3.05) is 7.11 Å². The molecule has 0 unspecified atom stereocenters. The largest absolute Gasteiger partial charge is 0.493 e. The van der Waals surface area contributed by atoms with Gasteiger partial charge in [0.05, 0.1) is 35.9 Å². The predicted octanol–water partition coefficient (Wildman–Crippen LogP) is 5.45. The van der Waals surface area contributed by atoms with Crippen LogP contribution in [0.3, 0.4) is 0 Å². The number of ether oxygens (including phenoxy) is 2. The SMILES string of the molecule is CCCc1nc2ccc(Br)cc2c(=O)n1N=Cc1cccc(OC)c1OCc1ccccc1C#N. The zero-order chi connectivity index (χ0) is 24.8. The van der Waals surface area contributed by atoms with Gasteiger partial charge in [-0.25, -0.2) is 4.98 Å². The standard InChI is InChI=1S/C27H23BrN4O3/c1-3-7-25-31-23-13-12-21(28)14-22(23)27(33)32(25)30-16-19-10-6-11-24(34-2)26(19)35-17-20-9-5-4-8-18(20)15-29/h4-6,8-14,16H,3,7,17H2,1-2H3. The molecule has 4 rings (SSSR count). The molecule has 1 aromatic heterocycles. The second kappa shape index (κ2) is 11.0. The van der Waals surface area contributed by atoms with Crippen LogP contribution in [0.25, 0.3) is 10.9 Å². The number of hydrogen-bond donors (Lipinski definition) is 0. The average molecular weight is 531 g/mol. The van der Waals surface area contributed by atoms with Gasteiger partial charge in [-0.2, -0.15) is 15.0 Å². The van der Waals surface area contributed by atoms with Crippen molar-refractivity contribution in [1.29, 1.82) is 5.26 Å². The Hall–Kier alpha value is -3.96. The molecule has 0 N–H and O–H groups in total. The summed E-state index contributed by atoms with van der Waals surface area (Å²) in [4.78, 5) is 18.0. The van der Waals surface area contributed by atoms with Crippen molar-refractivity contribution in [3.8, 4) is 17.6 Å². The fraction of sp³-hybridized carbons (Fsp3) is 0.185. The second-order valence-corrected chi connectivity index (χ2v) is 8.65. The van der Waals surface area contributed by atoms with Crippen molar-refractivity contribution in [2.24, 2.45) is 5.10 Å². The molecule has 8 heteroatoms. The molecule has 35 heavy (non-hydrogen) atoms. The normalized spacial score (nSPS) is 11.0. The summed E-state index contributed by atoms with van der Waals surface area (Å²) >= 11 is 3.42. The molecule has 4 aromatic rings. The van der Waals surface area contributed by atoms with E-state index in [1.54, 1.807) is 31.5 Å². The smallest absolute Gasteiger partial charge is 0.282 e. The molecule has 176 valence electrons. The van der Waals surface area contributed by atoms with Crippen molar-refractivity contribution >= 4 is 33.0 Å². The number of para-hydroxylation sites is 1. The first kappa shape index (κ1) is 24.2. The van der Waals surface area contributed by atoms with Crippen molar-refractivity contribution < 1.29 is 9.47 Å². The third kappa shape index (κ3) is 5.26. The van der Waals surface area contributed by atoms with Crippen LogP contribution in [0.15, 0.2) is 75.0 Å². The summed E-state index contributed by atoms with van der Waals surface area (Å²) in [5.74, 6) is 1.56. The lowest BCUT2D eigenvalue weighted by Gasteiger charge is -2.14. The molecule has 0 radical (unpaired) electrons. The molecule has 0 amide bonds. The van der Waals surface area contributed by atoms with E-state index in [0.29, 0.717) is 45.8 Å². The van der Waals surface area contributed by atoms with Gasteiger partial charge < -0.3 is 9.47 Å². The Morgan fingerprint density at radius 1 is 1.17 bits per heavy atom. The van der Waals surface area contributed by atoms with Gasteiger partial charge in [0.25, 0.3) is 5.56 Å². The molecule has 0 aliphatic rings. The summed E-state index contributed by atoms with van der Waals surface area (Å²) in [6, 6.07) is 20.3. The number of aryl methyl sites for hydroxylation is 1. The summed E-state index contributed by atoms with van der Waals surface area (Å²) in [5, 5.41) is 14.4. The van der Waals surface area contributed by atoms with Crippen molar-refractivity contribution in [3.63, 3.8) is 0 Å². The molecule has 1 heterocycles. The molecule has 0 saturated heterocycles. The number of methoxy groups -OCH3 is 1. The monoisotopic (exact) mass is 530 g/mol. The summed E-state index contributed by atoms with van der Waals surface area (Å²) in [6.07, 6.45) is 2.99. The molecular weight excluding hydrogens is 508 g/mol. The molecule has 0 aliphatic carbocycles. The van der Waals surface area contributed by atoms with E-state index in [9.17, 15) is 10.1 Å². The maximum absolute atomic E-state index is 13.3. The number of fused-ring (bicyclic) bond motifs is 1. The minimum atomic E-state index is -0.246. The van der Waals surface area contributed by atoms with Crippen molar-refractivity contribution in [1.82, 2.24) is 9.66 Å². The molecule has 0 spiro atoms. The van der Waals surface area contributed by atoms with E-state index >= 15 is 0 Å². The maximum Gasteiger partial charge on any atom is 0.282 e. The van der Waals surface area contributed by atoms with Gasteiger partial charge in [-0.3, -0.25) is 4.79 Å². The van der Waals surface area contributed by atoms with Gasteiger partial charge in [0, 0.05) is 22.0 Å². The van der Waals surface area contributed by atoms with Crippen LogP contribution in [0, 0.1) is 11.3 Å². The summed E-state index contributed by atoms with van der Waals surface area (Å²) in [6.45, 7) is 2.20. The third-order valence-electron chi connectivity index (χ3n) is 5.40. The van der Waals surface area contributed by atoms with Gasteiger partial charge in [0.1, 0.15) is 12.4 Å². The highest BCUT2D eigenvalue weighted by molar-refractivity contribution is 9.10. The summed E-state index contributed by atoms with van der Waals surface area (Å²) < 4.78 is 13.7. The number of hydrogen-bond acceptors (Lipinski definition) is 6. The van der Waals surface area contributed by atoms with Gasteiger partial charge in [-0.15, -0.1) is 0 Å². The van der Waals surface area contributed by atoms with E-state index in [0.717, 1.165) is 16.5 Å². The minimum absolute atomic E-state index is 0.178. The van der Waals surface area contributed by atoms with Crippen molar-refractivity contribution in [3.05, 3.63) is 98.0 Å². The Labute approximate surface area is 211 Å². The van der Waals surface area contributed by atoms with E-state index < -0.39 is 0 Å². The number of benzene rings is 3. The number of halogens is 1. The van der Waals surface area contributed by atoms with Crippen LogP contribution in [0.5, 0.6) is 11.5 Å². The summed E-state index contributed by atoms with van der Waals surface area (Å²) in [7, 11) is 1.56. The molecule has 0 bridgehead atoms. The van der Waals surface area contributed by atoms with Gasteiger partial charge >= 0.3 is 0 Å². The van der Waals surface area contributed by atoms with Crippen LogP contribution < -0.4 is 15.0 Å². The van der Waals surface area contributed by atoms with E-state index in [4.69, 9.17) is 9.47 Å². The fourth-order valence-corrected chi connectivity index (χ4v) is 4.04. The van der Waals surface area contributed by atoms with E-state index in [1.165, 1.54) is 4.68 Å². The van der Waals surface area contributed by atoms with Crippen molar-refractivity contribution in [2.45, 2.75) is 26.4 Å². The third-order valence-corrected chi connectivity index (χ3v) is 5.89. The average Bonchev–Trinajstić information content (AvgIpc) is 2.88. The number of aromatic nitrogens is 2. The number of nitrogens with zero attached hydrogens (tertiary/aromatic N) is 4. The highest BCUT2D eigenvalue weighted by Gasteiger charge is 2.13. The Balaban J connectivity index is 1.75. The number of rotatable bonds is 8. The fourth-order valence-electron chi connectivity index (χ4n) is 3.67. The Kier molecular flexibility index (Phi) is 7.58. The molecule has 0 fully saturated rings. The van der Waals surface area contributed by atoms with Crippen LogP contribution in [0.1, 0.15) is 35.9 Å². The van der Waals surface area contributed by atoms with E-state index in [1.807, 2.05) is 49.4 Å². The first-order valence-electron chi connectivity index (χ1n) is 11.1. The van der Waals surface area contributed by atoms with Gasteiger partial charge in [-0.1, -0.05) is 47.1 Å². The molecule has 0 atom stereocenters. The van der Waals surface area contributed by atoms with Gasteiger partial charge in [0.2, 0.25) is 0 Å². The number of nitriles is 1. The molecule has 7 nitrogen and oxygen atoms in total. The van der Waals surface area contributed by atoms with Crippen LogP contribution in [0.2, 0.25) is 0 Å². The lowest BCUT2D eigenvalue weighted by Crippen LogP contribution is -2.22. The molecule has 3 aromatic carbocycles. The highest BCUT2D eigenvalue weighted by Crippen LogP contribution is 2.31. The van der Waals surface area contributed by atoms with Gasteiger partial charge in [-0.05, 0) is 42.8 Å². The van der Waals surface area contributed by atoms with Crippen LogP contribution in [-0.2, 0) is 13.0 Å². The summed E-state index contributed by atoms with van der Waals surface area (Å²) in [5.41, 5.74) is 2.32. The quantitative estimate of drug-likeness (QED) is 0.282. The van der Waals surface area contributed by atoms with Crippen LogP contribution in [-0.4, -0.2) is 23.0 Å². The Morgan fingerprint density at radius 3 is 2.77 bits per heavy atom. The molecule has 0 saturated carbocycles. The molecular formula is C27H23BrN4O3. The topological polar surface area (TPSA) is 89.5 Å². The Bertz CT molecular complexity index is 1510. The van der Waals surface area contributed by atoms with E-state index in [2.05, 4.69) is 32.1 Å². The lowest BCUT2D eigenvalue weighted by molar-refractivity contribution is 0.284. The first-order valence-corrected chi connectivity index (χ1v) is 11.9. The highest BCUT2D eigenvalue weighted by atomic mass is 79.9. The van der Waals surface area contributed by atoms with Gasteiger partial charge in [0.15, 0.2) is 11.5 Å². The van der Waals surface area contributed by atoms with Crippen LogP contribution >= 0.6 is 15.9 Å². The molecule has 0 aliphatic heterocycles.